The van der Waals surface area contributed by atoms with Gasteiger partial charge in [0.05, 0.1) is 25.5 Å². The van der Waals surface area contributed by atoms with Crippen LogP contribution in [-0.4, -0.2) is 259 Å². The number of esters is 2. The van der Waals surface area contributed by atoms with Gasteiger partial charge in [0, 0.05) is 147 Å². The Balaban J connectivity index is 0.000000267. The van der Waals surface area contributed by atoms with Crippen molar-refractivity contribution >= 4 is 52.8 Å². The Morgan fingerprint density at radius 2 is 0.835 bits per heavy atom. The molecule has 0 aromatic carbocycles. The maximum absolute atomic E-state index is 14.7. The summed E-state index contributed by atoms with van der Waals surface area (Å²) in [6, 6.07) is 16.2. The number of anilines is 4. The van der Waals surface area contributed by atoms with Crippen LogP contribution in [0.5, 0.6) is 0 Å². The van der Waals surface area contributed by atoms with E-state index in [0.717, 1.165) is 138 Å². The summed E-state index contributed by atoms with van der Waals surface area (Å²) in [4.78, 5) is 86.6. The fourth-order valence-corrected chi connectivity index (χ4v) is 14.6. The molecule has 3 aliphatic rings. The lowest BCUT2D eigenvalue weighted by molar-refractivity contribution is -0.157. The molecule has 0 saturated heterocycles. The zero-order valence-corrected chi connectivity index (χ0v) is 76.2. The van der Waals surface area contributed by atoms with Gasteiger partial charge in [-0.1, -0.05) is 50.6 Å². The smallest absolute Gasteiger partial charge is 0.329 e. The molecule has 0 saturated carbocycles. The van der Waals surface area contributed by atoms with Crippen molar-refractivity contribution in [2.45, 2.75) is 270 Å². The van der Waals surface area contributed by atoms with Crippen molar-refractivity contribution in [1.82, 2.24) is 59.6 Å². The predicted molar refractivity (Wildman–Crippen MR) is 476 cm³/mol. The van der Waals surface area contributed by atoms with Gasteiger partial charge in [-0.05, 0) is 250 Å². The molecule has 9 rings (SSSR count). The van der Waals surface area contributed by atoms with Gasteiger partial charge >= 0.3 is 17.9 Å². The molecule has 0 radical (unpaired) electrons. The van der Waals surface area contributed by atoms with Gasteiger partial charge in [0.25, 0.3) is 0 Å². The van der Waals surface area contributed by atoms with Crippen molar-refractivity contribution in [3.05, 3.63) is 135 Å². The number of nitrogens with two attached hydrogens (primary N) is 1. The predicted octanol–water partition coefficient (Wildman–Crippen LogP) is 14.1. The highest BCUT2D eigenvalue weighted by atomic mass is 35.5. The minimum atomic E-state index is -1.13. The summed E-state index contributed by atoms with van der Waals surface area (Å²) in [6.07, 6.45) is 24.6. The first-order chi connectivity index (χ1) is 57.6. The summed E-state index contributed by atoms with van der Waals surface area (Å²) in [5.41, 5.74) is 16.9. The molecule has 0 amide bonds. The number of nitrogens with one attached hydrogen (secondary N) is 2. The molecule has 30 heteroatoms. The molecule has 3 aliphatic carbocycles. The summed E-state index contributed by atoms with van der Waals surface area (Å²) in [7, 11) is 12.0. The molecule has 121 heavy (non-hydrogen) atoms. The number of carbonyl (C=O) groups excluding carboxylic acids is 2. The Morgan fingerprint density at radius 1 is 0.471 bits per heavy atom. The van der Waals surface area contributed by atoms with Crippen LogP contribution in [0.15, 0.2) is 73.6 Å². The number of carbonyl (C=O) groups is 3. The van der Waals surface area contributed by atoms with E-state index in [1.807, 2.05) is 95.4 Å². The van der Waals surface area contributed by atoms with E-state index in [1.54, 1.807) is 12.1 Å². The second-order valence-corrected chi connectivity index (χ2v) is 35.7. The molecule has 26 nitrogen and oxygen atoms in total. The molecule has 0 spiro atoms. The number of ether oxygens (including phenoxy) is 5. The number of nitrogens with zero attached hydrogens (tertiary/aromatic N) is 14. The fourth-order valence-electron chi connectivity index (χ4n) is 14.4. The lowest BCUT2D eigenvalue weighted by atomic mass is 9.92. The highest BCUT2D eigenvalue weighted by Crippen LogP contribution is 2.27. The highest BCUT2D eigenvalue weighted by molar-refractivity contribution is 6.29. The first kappa shape index (κ1) is 102. The molecular formula is C91H143ClF3N17O9. The topological polar surface area (TPSA) is 300 Å². The molecule has 0 fully saturated rings. The maximum Gasteiger partial charge on any atom is 0.329 e. The first-order valence-electron chi connectivity index (χ1n) is 43.5. The van der Waals surface area contributed by atoms with Crippen molar-refractivity contribution < 1.29 is 56.3 Å². The van der Waals surface area contributed by atoms with E-state index in [4.69, 9.17) is 56.0 Å². The van der Waals surface area contributed by atoms with Gasteiger partial charge in [-0.2, -0.15) is 0 Å². The van der Waals surface area contributed by atoms with E-state index in [0.29, 0.717) is 68.0 Å². The van der Waals surface area contributed by atoms with Crippen molar-refractivity contribution in [2.24, 2.45) is 5.73 Å². The third-order valence-corrected chi connectivity index (χ3v) is 21.0. The van der Waals surface area contributed by atoms with E-state index in [9.17, 15) is 32.7 Å². The summed E-state index contributed by atoms with van der Waals surface area (Å²) in [5.74, 6) is 0.763. The molecule has 5 N–H and O–H groups in total. The third-order valence-electron chi connectivity index (χ3n) is 20.8. The van der Waals surface area contributed by atoms with Gasteiger partial charge < -0.3 is 69.7 Å². The van der Waals surface area contributed by atoms with Gasteiger partial charge in [-0.25, -0.2) is 52.7 Å². The Hall–Kier alpha value is -7.90. The number of pyridine rings is 3. The SMILES string of the molecule is CN(C)c1cc(Cl)ncn1.COC[C@@H](F)CN(CCCCc1ccc2c(n1)CCCC2)CC[C@H](N)C(=O)OC(C)(C)C.COC[C@@H](F)CN(CCCCc1ccc2c(n1)CCCC2)CC[C@H](Nc1cc(C(C)(C)C)ncn1)C(=O)OC(C)(C)C.COC[C@@H](F)CN(CCCCc1ccc2c(n1)CCCC2)CC[C@H](Nc1cc(N(C)C)ncn1)C(=O)O. The van der Waals surface area contributed by atoms with Crippen LogP contribution in [0.25, 0.3) is 0 Å². The fraction of sp³-hybridized carbons (Fsp3) is 0.670. The van der Waals surface area contributed by atoms with Crippen LogP contribution in [0.3, 0.4) is 0 Å². The van der Waals surface area contributed by atoms with E-state index >= 15 is 0 Å². The monoisotopic (exact) mass is 1710 g/mol. The molecule has 6 aromatic rings. The normalized spacial score (nSPS) is 14.8. The van der Waals surface area contributed by atoms with Crippen LogP contribution in [-0.2, 0) is 101 Å². The van der Waals surface area contributed by atoms with Gasteiger partial charge in [-0.15, -0.1) is 0 Å². The summed E-state index contributed by atoms with van der Waals surface area (Å²) < 4.78 is 69.4. The molecule has 0 unspecified atom stereocenters. The molecule has 674 valence electrons. The Bertz CT molecular complexity index is 4010. The van der Waals surface area contributed by atoms with Gasteiger partial charge in [0.1, 0.15) is 95.2 Å². The zero-order chi connectivity index (χ0) is 88.5. The largest absolute Gasteiger partial charge is 0.480 e. The number of halogens is 4. The molecule has 6 heterocycles. The number of rotatable bonds is 45. The number of aliphatic carboxylic acids is 1. The van der Waals surface area contributed by atoms with E-state index in [-0.39, 0.29) is 50.8 Å². The van der Waals surface area contributed by atoms with E-state index < -0.39 is 59.8 Å². The number of carboxylic acid groups (broad SMARTS) is 1. The van der Waals surface area contributed by atoms with Crippen LogP contribution >= 0.6 is 11.6 Å². The number of fused-ring (bicyclic) bond motifs is 3. The lowest BCUT2D eigenvalue weighted by Crippen LogP contribution is -2.41. The average molecular weight is 1710 g/mol. The van der Waals surface area contributed by atoms with Crippen molar-refractivity contribution in [1.29, 1.82) is 0 Å². The molecule has 0 bridgehead atoms. The van der Waals surface area contributed by atoms with Crippen LogP contribution < -0.4 is 26.2 Å². The van der Waals surface area contributed by atoms with Gasteiger partial charge in [0.15, 0.2) is 0 Å². The number of unbranched alkanes of at least 4 members (excludes halogenated alkanes) is 3. The van der Waals surface area contributed by atoms with E-state index in [2.05, 4.69) is 103 Å². The number of aryl methyl sites for hydroxylation is 9. The number of alkyl halides is 3. The number of hydrogen-bond donors (Lipinski definition) is 4. The molecule has 0 aliphatic heterocycles. The molecule has 6 atom stereocenters. The number of carboxylic acids is 1. The summed E-state index contributed by atoms with van der Waals surface area (Å²) in [6.45, 7) is 21.8. The van der Waals surface area contributed by atoms with Gasteiger partial charge in [0.2, 0.25) is 0 Å². The Kier molecular flexibility index (Phi) is 44.9. The second kappa shape index (κ2) is 53.3. The number of aromatic nitrogens is 9. The average Bonchev–Trinajstić information content (AvgIpc) is 0.855. The summed E-state index contributed by atoms with van der Waals surface area (Å²) >= 11 is 5.61. The maximum atomic E-state index is 14.7. The van der Waals surface area contributed by atoms with Crippen LogP contribution in [0.1, 0.15) is 215 Å². The van der Waals surface area contributed by atoms with E-state index in [1.165, 1.54) is 113 Å². The summed E-state index contributed by atoms with van der Waals surface area (Å²) in [5, 5.41) is 16.5. The molecular weight excluding hydrogens is 1570 g/mol. The van der Waals surface area contributed by atoms with Crippen LogP contribution in [0.4, 0.5) is 36.4 Å². The quantitative estimate of drug-likeness (QED) is 0.0157. The Morgan fingerprint density at radius 3 is 1.21 bits per heavy atom. The first-order valence-corrected chi connectivity index (χ1v) is 43.9. The van der Waals surface area contributed by atoms with Gasteiger partial charge in [-0.3, -0.25) is 19.7 Å². The van der Waals surface area contributed by atoms with Crippen molar-refractivity contribution in [3.63, 3.8) is 0 Å². The van der Waals surface area contributed by atoms with Crippen molar-refractivity contribution in [3.8, 4) is 0 Å². The standard InChI is InChI=1S/C33H52FN5O3.C27H41FN6O3.C25H42FN3O3.C6H8ClN3/c1-32(2,3)29-20-30(36-23-35-29)38-28(31(40)42-33(4,5)6)17-19-39(21-25(34)22-41-7)18-11-10-13-26-16-15-24-12-8-9-14-27(24)37-26;1-33(2)26-16-25(29-19-30-26)32-24(27(35)36)13-15-34(17-21(28)18-37-3)14-7-6-9-22-12-11-20-8-4-5-10-23(20)31-22;1-25(2,3)32-24(30)22(27)14-16-29(17-20(26)18-31-4)15-8-7-10-21-13-12-19-9-5-6-11-23(19)28-21;1-10(2)6-3-5(7)8-4-9-6/h15-16,20,23,25,28H,8-14,17-19,21-22H2,1-7H3,(H,35,36,38);11-12,16,19,21,24H,4-10,13-15,17-18H2,1-3H3,(H,35,36)(H,29,30,32);12-13,20,22H,5-11,14-18,27H2,1-4H3;3-4H,1-2H3/t25-,28-;21-,24-;20-,22-;/m000./s1. The van der Waals surface area contributed by atoms with Crippen LogP contribution in [0, 0.1) is 0 Å². The number of hydrogen-bond acceptors (Lipinski definition) is 25. The zero-order valence-electron chi connectivity index (χ0n) is 75.4. The van der Waals surface area contributed by atoms with Crippen molar-refractivity contribution in [2.75, 3.05) is 149 Å². The minimum absolute atomic E-state index is 0.0183. The highest BCUT2D eigenvalue weighted by Gasteiger charge is 2.30. The number of methoxy groups -OCH3 is 3. The molecule has 6 aromatic heterocycles. The third kappa shape index (κ3) is 40.5. The Labute approximate surface area is 724 Å². The minimum Gasteiger partial charge on any atom is -0.480 e. The lowest BCUT2D eigenvalue weighted by Gasteiger charge is -2.28. The second-order valence-electron chi connectivity index (χ2n) is 35.3. The van der Waals surface area contributed by atoms with Crippen LogP contribution in [0.2, 0.25) is 5.15 Å².